The SMILES string of the molecule is O=C1/C(=C/Cc2ccco2)N=C(c2ccccc2)N1c1nc2c(Cl)cc(Cl)cc2s1. The molecule has 3 heterocycles. The zero-order valence-electron chi connectivity index (χ0n) is 15.4. The quantitative estimate of drug-likeness (QED) is 0.349. The molecule has 4 aromatic rings. The van der Waals surface area contributed by atoms with Gasteiger partial charge in [-0.15, -0.1) is 0 Å². The zero-order chi connectivity index (χ0) is 20.7. The summed E-state index contributed by atoms with van der Waals surface area (Å²) in [6, 6.07) is 16.6. The molecule has 30 heavy (non-hydrogen) atoms. The number of hydrogen-bond donors (Lipinski definition) is 0. The van der Waals surface area contributed by atoms with Crippen LogP contribution in [0.2, 0.25) is 10.0 Å². The minimum absolute atomic E-state index is 0.248. The molecule has 1 aliphatic rings. The number of fused-ring (bicyclic) bond motifs is 1. The van der Waals surface area contributed by atoms with Crippen molar-refractivity contribution in [2.75, 3.05) is 4.90 Å². The molecular formula is C22H13Cl2N3O2S. The van der Waals surface area contributed by atoms with E-state index in [-0.39, 0.29) is 5.91 Å². The van der Waals surface area contributed by atoms with E-state index in [0.717, 1.165) is 16.0 Å². The number of furan rings is 1. The number of hydrogen-bond acceptors (Lipinski definition) is 5. The molecule has 1 amide bonds. The summed E-state index contributed by atoms with van der Waals surface area (Å²) in [4.78, 5) is 24.1. The van der Waals surface area contributed by atoms with Gasteiger partial charge in [0.15, 0.2) is 5.13 Å². The van der Waals surface area contributed by atoms with E-state index >= 15 is 0 Å². The molecule has 148 valence electrons. The Labute approximate surface area is 185 Å². The summed E-state index contributed by atoms with van der Waals surface area (Å²) in [5.41, 5.74) is 1.76. The van der Waals surface area contributed by atoms with Gasteiger partial charge >= 0.3 is 0 Å². The molecule has 1 aliphatic heterocycles. The maximum Gasteiger partial charge on any atom is 0.284 e. The van der Waals surface area contributed by atoms with Crippen molar-refractivity contribution in [2.24, 2.45) is 4.99 Å². The predicted molar refractivity (Wildman–Crippen MR) is 121 cm³/mol. The van der Waals surface area contributed by atoms with Crippen molar-refractivity contribution in [3.63, 3.8) is 0 Å². The summed E-state index contributed by atoms with van der Waals surface area (Å²) in [5, 5.41) is 1.45. The first-order valence-electron chi connectivity index (χ1n) is 9.07. The smallest absolute Gasteiger partial charge is 0.284 e. The molecule has 0 fully saturated rings. The summed E-state index contributed by atoms with van der Waals surface area (Å²) in [6.07, 6.45) is 3.83. The topological polar surface area (TPSA) is 58.7 Å². The molecule has 5 rings (SSSR count). The van der Waals surface area contributed by atoms with Crippen LogP contribution in [0.4, 0.5) is 5.13 Å². The summed E-state index contributed by atoms with van der Waals surface area (Å²) in [5.74, 6) is 1.03. The number of amidine groups is 1. The molecular weight excluding hydrogens is 441 g/mol. The number of carbonyl (C=O) groups is 1. The van der Waals surface area contributed by atoms with Crippen LogP contribution in [-0.2, 0) is 11.2 Å². The molecule has 2 aromatic carbocycles. The number of nitrogens with zero attached hydrogens (tertiary/aromatic N) is 3. The highest BCUT2D eigenvalue weighted by Gasteiger charge is 2.34. The van der Waals surface area contributed by atoms with Crippen molar-refractivity contribution in [1.82, 2.24) is 4.98 Å². The second kappa shape index (κ2) is 7.72. The van der Waals surface area contributed by atoms with Crippen molar-refractivity contribution < 1.29 is 9.21 Å². The highest BCUT2D eigenvalue weighted by Crippen LogP contribution is 2.37. The van der Waals surface area contributed by atoms with E-state index in [1.54, 1.807) is 24.5 Å². The van der Waals surface area contributed by atoms with Gasteiger partial charge in [-0.2, -0.15) is 0 Å². The fourth-order valence-electron chi connectivity index (χ4n) is 3.18. The van der Waals surface area contributed by atoms with Crippen LogP contribution < -0.4 is 4.90 Å². The van der Waals surface area contributed by atoms with Crippen LogP contribution in [0.1, 0.15) is 11.3 Å². The Kier molecular flexibility index (Phi) is 4.90. The Morgan fingerprint density at radius 3 is 2.70 bits per heavy atom. The van der Waals surface area contributed by atoms with Gasteiger partial charge in [-0.25, -0.2) is 14.9 Å². The first kappa shape index (κ1) is 19.1. The van der Waals surface area contributed by atoms with Crippen LogP contribution in [0.5, 0.6) is 0 Å². The fourth-order valence-corrected chi connectivity index (χ4v) is 4.87. The predicted octanol–water partition coefficient (Wildman–Crippen LogP) is 6.12. The van der Waals surface area contributed by atoms with Crippen LogP contribution in [0.3, 0.4) is 0 Å². The number of rotatable bonds is 4. The van der Waals surface area contributed by atoms with Gasteiger partial charge in [-0.3, -0.25) is 4.79 Å². The van der Waals surface area contributed by atoms with Crippen molar-refractivity contribution >= 4 is 61.6 Å². The van der Waals surface area contributed by atoms with E-state index in [0.29, 0.717) is 38.6 Å². The largest absolute Gasteiger partial charge is 0.469 e. The van der Waals surface area contributed by atoms with Gasteiger partial charge in [0.25, 0.3) is 5.91 Å². The van der Waals surface area contributed by atoms with Crippen LogP contribution in [0.25, 0.3) is 10.2 Å². The van der Waals surface area contributed by atoms with E-state index in [4.69, 9.17) is 27.6 Å². The number of carbonyl (C=O) groups excluding carboxylic acids is 1. The van der Waals surface area contributed by atoms with E-state index in [1.165, 1.54) is 16.2 Å². The fraction of sp³-hybridized carbons (Fsp3) is 0.0455. The summed E-state index contributed by atoms with van der Waals surface area (Å²) >= 11 is 13.8. The number of benzene rings is 2. The first-order chi connectivity index (χ1) is 14.6. The number of aliphatic imine (C=N–C) groups is 1. The lowest BCUT2D eigenvalue weighted by molar-refractivity contribution is -0.113. The molecule has 0 N–H and O–H groups in total. The standard InChI is InChI=1S/C22H13Cl2N3O2S/c23-14-11-16(24)19-18(12-14)30-22(26-19)27-20(13-5-2-1-3-6-13)25-17(21(27)28)9-8-15-7-4-10-29-15/h1-7,9-12H,8H2/b17-9-. The van der Waals surface area contributed by atoms with Gasteiger partial charge in [0, 0.05) is 17.0 Å². The normalized spacial score (nSPS) is 15.4. The Bertz CT molecular complexity index is 1310. The second-order valence-corrected chi connectivity index (χ2v) is 8.40. The van der Waals surface area contributed by atoms with Gasteiger partial charge in [0.1, 0.15) is 22.8 Å². The molecule has 0 aliphatic carbocycles. The van der Waals surface area contributed by atoms with Crippen molar-refractivity contribution in [2.45, 2.75) is 6.42 Å². The number of amides is 1. The van der Waals surface area contributed by atoms with Crippen LogP contribution in [0, 0.1) is 0 Å². The third-order valence-electron chi connectivity index (χ3n) is 4.56. The Morgan fingerprint density at radius 2 is 1.93 bits per heavy atom. The highest BCUT2D eigenvalue weighted by atomic mass is 35.5. The third-order valence-corrected chi connectivity index (χ3v) is 6.06. The molecule has 5 nitrogen and oxygen atoms in total. The zero-order valence-corrected chi connectivity index (χ0v) is 17.7. The molecule has 0 unspecified atom stereocenters. The first-order valence-corrected chi connectivity index (χ1v) is 10.6. The van der Waals surface area contributed by atoms with E-state index in [9.17, 15) is 4.79 Å². The number of allylic oxidation sites excluding steroid dienone is 1. The minimum atomic E-state index is -0.248. The number of halogens is 2. The van der Waals surface area contributed by atoms with Gasteiger partial charge in [-0.1, -0.05) is 64.9 Å². The van der Waals surface area contributed by atoms with Gasteiger partial charge in [0.2, 0.25) is 0 Å². The lowest BCUT2D eigenvalue weighted by Crippen LogP contribution is -2.32. The van der Waals surface area contributed by atoms with Crippen molar-refractivity contribution in [3.8, 4) is 0 Å². The molecule has 0 saturated carbocycles. The molecule has 2 aromatic heterocycles. The maximum atomic E-state index is 13.3. The van der Waals surface area contributed by atoms with E-state index in [1.807, 2.05) is 42.5 Å². The average molecular weight is 454 g/mol. The van der Waals surface area contributed by atoms with E-state index in [2.05, 4.69) is 9.98 Å². The Morgan fingerprint density at radius 1 is 1.10 bits per heavy atom. The summed E-state index contributed by atoms with van der Waals surface area (Å²) < 4.78 is 6.16. The molecule has 0 radical (unpaired) electrons. The van der Waals surface area contributed by atoms with Crippen LogP contribution >= 0.6 is 34.5 Å². The minimum Gasteiger partial charge on any atom is -0.469 e. The molecule has 0 spiro atoms. The van der Waals surface area contributed by atoms with E-state index < -0.39 is 0 Å². The molecule has 8 heteroatoms. The number of anilines is 1. The molecule has 0 saturated heterocycles. The van der Waals surface area contributed by atoms with Gasteiger partial charge in [0.05, 0.1) is 16.0 Å². The third kappa shape index (κ3) is 3.43. The van der Waals surface area contributed by atoms with Crippen molar-refractivity contribution in [3.05, 3.63) is 94.0 Å². The molecule has 0 atom stereocenters. The lowest BCUT2D eigenvalue weighted by Gasteiger charge is -2.14. The summed E-state index contributed by atoms with van der Waals surface area (Å²) in [7, 11) is 0. The average Bonchev–Trinajstić information content (AvgIpc) is 3.46. The highest BCUT2D eigenvalue weighted by molar-refractivity contribution is 7.22. The van der Waals surface area contributed by atoms with Crippen LogP contribution in [0.15, 0.2) is 82.0 Å². The van der Waals surface area contributed by atoms with Gasteiger partial charge < -0.3 is 4.42 Å². The van der Waals surface area contributed by atoms with Crippen molar-refractivity contribution in [1.29, 1.82) is 0 Å². The monoisotopic (exact) mass is 453 g/mol. The number of aromatic nitrogens is 1. The summed E-state index contributed by atoms with van der Waals surface area (Å²) in [6.45, 7) is 0. The molecule has 0 bridgehead atoms. The lowest BCUT2D eigenvalue weighted by atomic mass is 10.2. The maximum absolute atomic E-state index is 13.3. The van der Waals surface area contributed by atoms with Gasteiger partial charge in [-0.05, 0) is 30.3 Å². The second-order valence-electron chi connectivity index (χ2n) is 6.55. The van der Waals surface area contributed by atoms with Crippen LogP contribution in [-0.4, -0.2) is 16.7 Å². The Hall–Kier alpha value is -2.93. The number of thiazole rings is 1. The Balaban J connectivity index is 1.60.